The van der Waals surface area contributed by atoms with E-state index in [2.05, 4.69) is 164 Å². The number of aryl methyl sites for hydroxylation is 6. The third kappa shape index (κ3) is 6.17. The van der Waals surface area contributed by atoms with Gasteiger partial charge in [-0.15, -0.1) is 0 Å². The van der Waals surface area contributed by atoms with Crippen molar-refractivity contribution in [1.82, 2.24) is 0 Å². The van der Waals surface area contributed by atoms with Gasteiger partial charge in [0, 0.05) is 33.1 Å². The van der Waals surface area contributed by atoms with Gasteiger partial charge in [-0.1, -0.05) is 130 Å². The van der Waals surface area contributed by atoms with Crippen LogP contribution in [0, 0.1) is 41.5 Å². The van der Waals surface area contributed by atoms with Gasteiger partial charge in [0.25, 0.3) is 0 Å². The molecule has 6 rings (SSSR count). The van der Waals surface area contributed by atoms with Crippen LogP contribution >= 0.6 is 39.8 Å². The normalized spacial score (nSPS) is 18.3. The Morgan fingerprint density at radius 3 is 1.31 bits per heavy atom. The van der Waals surface area contributed by atoms with Crippen LogP contribution in [0.5, 0.6) is 0 Å². The molecule has 5 aromatic rings. The first-order valence-corrected chi connectivity index (χ1v) is 18.7. The molecule has 5 aromatic carbocycles. The van der Waals surface area contributed by atoms with E-state index in [1.165, 1.54) is 72.1 Å². The van der Waals surface area contributed by atoms with Crippen LogP contribution in [0.2, 0.25) is 0 Å². The van der Waals surface area contributed by atoms with Crippen molar-refractivity contribution >= 4 is 50.9 Å². The molecule has 1 saturated heterocycles. The number of halogens is 2. The molecule has 2 unspecified atom stereocenters. The highest BCUT2D eigenvalue weighted by molar-refractivity contribution is 9.10. The summed E-state index contributed by atoms with van der Waals surface area (Å²) in [7, 11) is -0.940. The third-order valence-corrected chi connectivity index (χ3v) is 13.9. The van der Waals surface area contributed by atoms with Gasteiger partial charge in [-0.25, -0.2) is 0 Å². The maximum atomic E-state index is 13.8. The lowest BCUT2D eigenvalue weighted by Gasteiger charge is -2.42. The summed E-state index contributed by atoms with van der Waals surface area (Å²) < 4.78 is 2.15. The van der Waals surface area contributed by atoms with Crippen LogP contribution in [0.4, 0.5) is 0 Å². The van der Waals surface area contributed by atoms with E-state index in [9.17, 15) is 4.79 Å². The van der Waals surface area contributed by atoms with Crippen LogP contribution < -0.4 is 5.30 Å². The first-order chi connectivity index (χ1) is 21.5. The Balaban J connectivity index is 1.77. The largest absolute Gasteiger partial charge is 0.300 e. The molecule has 0 saturated carbocycles. The van der Waals surface area contributed by atoms with Crippen molar-refractivity contribution in [2.45, 2.75) is 65.7 Å². The van der Waals surface area contributed by atoms with Crippen LogP contribution in [0.3, 0.4) is 0 Å². The number of ketones is 1. The Bertz CT molecular complexity index is 1760. The Hall–Kier alpha value is -2.84. The molecule has 0 aliphatic carbocycles. The molecule has 228 valence electrons. The zero-order valence-corrected chi connectivity index (χ0v) is 30.9. The minimum Gasteiger partial charge on any atom is -0.300 e. The molecular formula is C41H39Br2OP. The molecule has 0 N–H and O–H groups in total. The summed E-state index contributed by atoms with van der Waals surface area (Å²) in [5.41, 5.74) is 15.5. The fourth-order valence-electron chi connectivity index (χ4n) is 7.69. The summed E-state index contributed by atoms with van der Waals surface area (Å²) in [6.45, 7) is 13.4. The summed E-state index contributed by atoms with van der Waals surface area (Å²) >= 11 is 7.84. The van der Waals surface area contributed by atoms with Gasteiger partial charge in [-0.2, -0.15) is 0 Å². The predicted octanol–water partition coefficient (Wildman–Crippen LogP) is 12.3. The van der Waals surface area contributed by atoms with E-state index in [0.29, 0.717) is 18.6 Å². The van der Waals surface area contributed by atoms with E-state index in [1.54, 1.807) is 0 Å². The minimum atomic E-state index is -0.940. The lowest BCUT2D eigenvalue weighted by Crippen LogP contribution is -2.26. The molecule has 0 bridgehead atoms. The van der Waals surface area contributed by atoms with Crippen LogP contribution in [-0.2, 0) is 4.79 Å². The van der Waals surface area contributed by atoms with Gasteiger partial charge in [-0.05, 0) is 115 Å². The smallest absolute Gasteiger partial charge is 0.134 e. The molecule has 1 fully saturated rings. The molecule has 0 aromatic heterocycles. The SMILES string of the molecule is Cc1cc(C)c(-c2cccc(-c3c(C)cc(C)cc3C)c2P2C(c3ccccc3Br)CC(=O)CC2c2ccccc2Br)c(C)c1. The fourth-order valence-corrected chi connectivity index (χ4v) is 13.0. The second kappa shape index (κ2) is 13.1. The summed E-state index contributed by atoms with van der Waals surface area (Å²) in [4.78, 5) is 13.8. The van der Waals surface area contributed by atoms with Crippen LogP contribution in [0.25, 0.3) is 22.3 Å². The molecule has 45 heavy (non-hydrogen) atoms. The number of hydrogen-bond donors (Lipinski definition) is 0. The van der Waals surface area contributed by atoms with Crippen molar-refractivity contribution in [3.05, 3.63) is 144 Å². The first kappa shape index (κ1) is 32.1. The van der Waals surface area contributed by atoms with E-state index in [1.807, 2.05) is 0 Å². The van der Waals surface area contributed by atoms with Gasteiger partial charge in [-0.3, -0.25) is 4.79 Å². The first-order valence-electron chi connectivity index (χ1n) is 15.6. The molecule has 1 heterocycles. The van der Waals surface area contributed by atoms with E-state index in [0.717, 1.165) is 8.95 Å². The predicted molar refractivity (Wildman–Crippen MR) is 200 cm³/mol. The molecule has 0 amide bonds. The monoisotopic (exact) mass is 736 g/mol. The molecular weight excluding hydrogens is 699 g/mol. The summed E-state index contributed by atoms with van der Waals surface area (Å²) in [5, 5.41) is 1.41. The highest BCUT2D eigenvalue weighted by Crippen LogP contribution is 2.69. The lowest BCUT2D eigenvalue weighted by molar-refractivity contribution is -0.119. The van der Waals surface area contributed by atoms with Gasteiger partial charge in [0.05, 0.1) is 0 Å². The molecule has 2 atom stereocenters. The second-order valence-corrected chi connectivity index (χ2v) is 16.9. The van der Waals surface area contributed by atoms with Gasteiger partial charge in [0.15, 0.2) is 0 Å². The molecule has 1 aliphatic heterocycles. The van der Waals surface area contributed by atoms with Crippen molar-refractivity contribution in [3.8, 4) is 22.3 Å². The quantitative estimate of drug-likeness (QED) is 0.164. The van der Waals surface area contributed by atoms with E-state index < -0.39 is 7.92 Å². The number of benzene rings is 5. The molecule has 0 spiro atoms. The van der Waals surface area contributed by atoms with E-state index >= 15 is 0 Å². The number of carbonyl (C=O) groups is 1. The van der Waals surface area contributed by atoms with Gasteiger partial charge >= 0.3 is 0 Å². The van der Waals surface area contributed by atoms with E-state index in [-0.39, 0.29) is 11.3 Å². The lowest BCUT2D eigenvalue weighted by atomic mass is 9.89. The number of Topliss-reactive ketones (excluding diaryl/α,β-unsaturated/α-hetero) is 1. The molecule has 0 radical (unpaired) electrons. The summed E-state index contributed by atoms with van der Waals surface area (Å²) in [6, 6.07) is 33.3. The maximum Gasteiger partial charge on any atom is 0.134 e. The zero-order chi connectivity index (χ0) is 32.0. The summed E-state index contributed by atoms with van der Waals surface area (Å²) in [5.74, 6) is 0.333. The van der Waals surface area contributed by atoms with Crippen LogP contribution in [0.1, 0.15) is 68.7 Å². The highest BCUT2D eigenvalue weighted by Gasteiger charge is 2.43. The number of carbonyl (C=O) groups excluding carboxylic acids is 1. The second-order valence-electron chi connectivity index (χ2n) is 12.7. The Morgan fingerprint density at radius 2 is 0.933 bits per heavy atom. The van der Waals surface area contributed by atoms with Crippen LogP contribution in [0.15, 0.2) is 99.9 Å². The van der Waals surface area contributed by atoms with Crippen molar-refractivity contribution in [2.75, 3.05) is 0 Å². The van der Waals surface area contributed by atoms with Gasteiger partial charge in [0.2, 0.25) is 0 Å². The van der Waals surface area contributed by atoms with Crippen LogP contribution in [-0.4, -0.2) is 5.78 Å². The number of hydrogen-bond acceptors (Lipinski definition) is 1. The molecule has 1 aliphatic rings. The zero-order valence-electron chi connectivity index (χ0n) is 26.8. The van der Waals surface area contributed by atoms with Crippen molar-refractivity contribution in [1.29, 1.82) is 0 Å². The third-order valence-electron chi connectivity index (χ3n) is 9.23. The van der Waals surface area contributed by atoms with Crippen molar-refractivity contribution < 1.29 is 4.79 Å². The average molecular weight is 739 g/mol. The molecule has 1 nitrogen and oxygen atoms in total. The molecule has 4 heteroatoms. The topological polar surface area (TPSA) is 17.1 Å². The standard InChI is InChI=1S/C41H39Br2OP/c1-24-18-26(3)39(27(4)19-24)33-14-11-15-34(40-28(5)20-25(2)21-29(40)6)41(33)45-37(31-12-7-9-16-35(31)42)22-30(44)23-38(45)32-13-8-10-17-36(32)43/h7-21,37-38H,22-23H2,1-6H3. The Morgan fingerprint density at radius 1 is 0.556 bits per heavy atom. The summed E-state index contributed by atoms with van der Waals surface area (Å²) in [6.07, 6.45) is 1.08. The van der Waals surface area contributed by atoms with Gasteiger partial charge < -0.3 is 0 Å². The van der Waals surface area contributed by atoms with Crippen molar-refractivity contribution in [3.63, 3.8) is 0 Å². The number of rotatable bonds is 5. The van der Waals surface area contributed by atoms with Crippen molar-refractivity contribution in [2.24, 2.45) is 0 Å². The van der Waals surface area contributed by atoms with E-state index in [4.69, 9.17) is 0 Å². The van der Waals surface area contributed by atoms with Gasteiger partial charge in [0.1, 0.15) is 5.78 Å². The minimum absolute atomic E-state index is 0.0611. The Labute approximate surface area is 286 Å². The highest BCUT2D eigenvalue weighted by atomic mass is 79.9. The Kier molecular flexibility index (Phi) is 9.36. The maximum absolute atomic E-state index is 13.8. The fraction of sp³-hybridized carbons (Fsp3) is 0.244. The average Bonchev–Trinajstić information content (AvgIpc) is 2.97.